The molecule has 0 aliphatic heterocycles. The Morgan fingerprint density at radius 2 is 2.25 bits per heavy atom. The zero-order chi connectivity index (χ0) is 12.0. The van der Waals surface area contributed by atoms with Crippen LogP contribution in [0, 0.1) is 0 Å². The van der Waals surface area contributed by atoms with Gasteiger partial charge >= 0.3 is 5.97 Å². The molecule has 1 unspecified atom stereocenters. The van der Waals surface area contributed by atoms with Gasteiger partial charge in [-0.25, -0.2) is 0 Å². The normalized spacial score (nSPS) is 11.9. The number of hydrogen-bond acceptors (Lipinski definition) is 4. The van der Waals surface area contributed by atoms with Crippen LogP contribution in [0.4, 0.5) is 0 Å². The van der Waals surface area contributed by atoms with E-state index < -0.39 is 0 Å². The lowest BCUT2D eigenvalue weighted by Gasteiger charge is -2.16. The second-order valence-corrected chi connectivity index (χ2v) is 4.22. The van der Waals surface area contributed by atoms with Gasteiger partial charge in [-0.05, 0) is 22.4 Å². The van der Waals surface area contributed by atoms with Gasteiger partial charge in [0, 0.05) is 20.3 Å². The summed E-state index contributed by atoms with van der Waals surface area (Å²) in [5.74, 6) is -0.383. The molecule has 88 valence electrons. The molecule has 16 heavy (non-hydrogen) atoms. The van der Waals surface area contributed by atoms with Crippen LogP contribution in [0.1, 0.15) is 31.9 Å². The maximum Gasteiger partial charge on any atom is 0.302 e. The van der Waals surface area contributed by atoms with Crippen molar-refractivity contribution in [3.63, 3.8) is 0 Å². The fraction of sp³-hybridized carbons (Fsp3) is 0.455. The van der Waals surface area contributed by atoms with Gasteiger partial charge in [0.05, 0.1) is 12.6 Å². The molecule has 0 fully saturated rings. The van der Waals surface area contributed by atoms with Gasteiger partial charge in [0.25, 0.3) is 0 Å². The van der Waals surface area contributed by atoms with Gasteiger partial charge in [-0.15, -0.1) is 0 Å². The molecular weight excluding hydrogens is 226 g/mol. The number of thiophene rings is 1. The van der Waals surface area contributed by atoms with Crippen LogP contribution in [0.5, 0.6) is 0 Å². The maximum absolute atomic E-state index is 11.0. The Hall–Kier alpha value is -1.36. The molecule has 5 heteroatoms. The Kier molecular flexibility index (Phi) is 4.98. The lowest BCUT2D eigenvalue weighted by atomic mass is 10.1. The van der Waals surface area contributed by atoms with Crippen molar-refractivity contribution in [2.24, 2.45) is 0 Å². The van der Waals surface area contributed by atoms with Gasteiger partial charge in [0.1, 0.15) is 0 Å². The highest BCUT2D eigenvalue weighted by atomic mass is 32.1. The lowest BCUT2D eigenvalue weighted by Crippen LogP contribution is -2.27. The third-order valence-corrected chi connectivity index (χ3v) is 2.74. The summed E-state index contributed by atoms with van der Waals surface area (Å²) in [6, 6.07) is 1.88. The van der Waals surface area contributed by atoms with E-state index in [1.54, 1.807) is 11.3 Å². The first-order chi connectivity index (χ1) is 7.59. The summed E-state index contributed by atoms with van der Waals surface area (Å²) in [6.07, 6.45) is 0.593. The summed E-state index contributed by atoms with van der Waals surface area (Å²) in [5.41, 5.74) is 1.05. The molecular formula is C11H15NO3S. The first kappa shape index (κ1) is 12.7. The number of nitrogens with one attached hydrogen (secondary N) is 1. The van der Waals surface area contributed by atoms with E-state index >= 15 is 0 Å². The predicted molar refractivity (Wildman–Crippen MR) is 62.1 cm³/mol. The average Bonchev–Trinajstić information content (AvgIpc) is 2.67. The van der Waals surface area contributed by atoms with Crippen LogP contribution in [0.25, 0.3) is 0 Å². The van der Waals surface area contributed by atoms with Gasteiger partial charge in [-0.2, -0.15) is 11.3 Å². The molecule has 0 aliphatic rings. The Balaban J connectivity index is 2.51. The van der Waals surface area contributed by atoms with Crippen molar-refractivity contribution < 1.29 is 14.3 Å². The zero-order valence-corrected chi connectivity index (χ0v) is 10.2. The molecule has 1 atom stereocenters. The summed E-state index contributed by atoms with van der Waals surface area (Å²) in [6.45, 7) is 3.17. The zero-order valence-electron chi connectivity index (χ0n) is 9.36. The number of ether oxygens (including phenoxy) is 1. The summed E-state index contributed by atoms with van der Waals surface area (Å²) in [5, 5.41) is 6.77. The monoisotopic (exact) mass is 241 g/mol. The van der Waals surface area contributed by atoms with Crippen LogP contribution in [-0.4, -0.2) is 18.5 Å². The molecule has 0 bridgehead atoms. The van der Waals surface area contributed by atoms with Crippen LogP contribution in [0.15, 0.2) is 16.8 Å². The van der Waals surface area contributed by atoms with Crippen molar-refractivity contribution in [3.05, 3.63) is 22.4 Å². The van der Waals surface area contributed by atoms with Gasteiger partial charge in [0.2, 0.25) is 5.91 Å². The van der Waals surface area contributed by atoms with Crippen LogP contribution in [0.2, 0.25) is 0 Å². The second-order valence-electron chi connectivity index (χ2n) is 3.44. The molecule has 1 aromatic heterocycles. The minimum absolute atomic E-state index is 0.0805. The number of hydrogen-bond donors (Lipinski definition) is 1. The maximum atomic E-state index is 11.0. The molecule has 0 saturated carbocycles. The van der Waals surface area contributed by atoms with E-state index in [1.165, 1.54) is 13.8 Å². The third kappa shape index (κ3) is 4.44. The number of amides is 1. The molecule has 0 aliphatic carbocycles. The highest BCUT2D eigenvalue weighted by Crippen LogP contribution is 2.19. The molecule has 1 rings (SSSR count). The Morgan fingerprint density at radius 3 is 2.75 bits per heavy atom. The predicted octanol–water partition coefficient (Wildman–Crippen LogP) is 1.88. The Bertz CT molecular complexity index is 348. The molecule has 1 aromatic rings. The van der Waals surface area contributed by atoms with E-state index in [2.05, 4.69) is 5.32 Å². The Labute approximate surface area is 98.6 Å². The molecule has 0 spiro atoms. The molecule has 0 aromatic carbocycles. The van der Waals surface area contributed by atoms with Gasteiger partial charge in [-0.1, -0.05) is 0 Å². The first-order valence-corrected chi connectivity index (χ1v) is 5.96. The molecule has 0 saturated heterocycles. The summed E-state index contributed by atoms with van der Waals surface area (Å²) in [7, 11) is 0. The number of carbonyl (C=O) groups is 2. The van der Waals surface area contributed by atoms with E-state index in [0.717, 1.165) is 5.56 Å². The van der Waals surface area contributed by atoms with E-state index in [4.69, 9.17) is 4.74 Å². The molecule has 1 heterocycles. The molecule has 0 radical (unpaired) electrons. The fourth-order valence-corrected chi connectivity index (χ4v) is 2.08. The minimum atomic E-state index is -0.299. The van der Waals surface area contributed by atoms with Crippen molar-refractivity contribution in [2.75, 3.05) is 6.61 Å². The van der Waals surface area contributed by atoms with Gasteiger partial charge in [0.15, 0.2) is 0 Å². The van der Waals surface area contributed by atoms with Crippen molar-refractivity contribution >= 4 is 23.2 Å². The van der Waals surface area contributed by atoms with Crippen LogP contribution < -0.4 is 5.32 Å². The van der Waals surface area contributed by atoms with Crippen molar-refractivity contribution in [3.8, 4) is 0 Å². The first-order valence-electron chi connectivity index (χ1n) is 5.02. The van der Waals surface area contributed by atoms with E-state index in [9.17, 15) is 9.59 Å². The number of esters is 1. The van der Waals surface area contributed by atoms with Crippen LogP contribution in [-0.2, 0) is 14.3 Å². The quantitative estimate of drug-likeness (QED) is 0.801. The van der Waals surface area contributed by atoms with E-state index in [-0.39, 0.29) is 17.9 Å². The fourth-order valence-electron chi connectivity index (χ4n) is 1.36. The van der Waals surface area contributed by atoms with Crippen molar-refractivity contribution in [1.29, 1.82) is 0 Å². The minimum Gasteiger partial charge on any atom is -0.466 e. The largest absolute Gasteiger partial charge is 0.466 e. The highest BCUT2D eigenvalue weighted by molar-refractivity contribution is 7.07. The SMILES string of the molecule is CC(=O)NC(CCOC(C)=O)c1ccsc1. The van der Waals surface area contributed by atoms with Crippen molar-refractivity contribution in [1.82, 2.24) is 5.32 Å². The molecule has 1 amide bonds. The summed E-state index contributed by atoms with van der Waals surface area (Å²) < 4.78 is 4.87. The standard InChI is InChI=1S/C11H15NO3S/c1-8(13)12-11(3-5-15-9(2)14)10-4-6-16-7-10/h4,6-7,11H,3,5H2,1-2H3,(H,12,13). The second kappa shape index (κ2) is 6.27. The van der Waals surface area contributed by atoms with Crippen molar-refractivity contribution in [2.45, 2.75) is 26.3 Å². The van der Waals surface area contributed by atoms with Gasteiger partial charge in [-0.3, -0.25) is 9.59 Å². The van der Waals surface area contributed by atoms with Crippen LogP contribution in [0.3, 0.4) is 0 Å². The highest BCUT2D eigenvalue weighted by Gasteiger charge is 2.13. The molecule has 4 nitrogen and oxygen atoms in total. The summed E-state index contributed by atoms with van der Waals surface area (Å²) >= 11 is 1.58. The van der Waals surface area contributed by atoms with E-state index in [0.29, 0.717) is 13.0 Å². The third-order valence-electron chi connectivity index (χ3n) is 2.03. The molecule has 1 N–H and O–H groups in total. The van der Waals surface area contributed by atoms with Crippen LogP contribution >= 0.6 is 11.3 Å². The topological polar surface area (TPSA) is 55.4 Å². The summed E-state index contributed by atoms with van der Waals surface area (Å²) in [4.78, 5) is 21.7. The number of rotatable bonds is 5. The lowest BCUT2D eigenvalue weighted by molar-refractivity contribution is -0.141. The average molecular weight is 241 g/mol. The Morgan fingerprint density at radius 1 is 1.50 bits per heavy atom. The smallest absolute Gasteiger partial charge is 0.302 e. The van der Waals surface area contributed by atoms with Gasteiger partial charge < -0.3 is 10.1 Å². The number of carbonyl (C=O) groups excluding carboxylic acids is 2. The van der Waals surface area contributed by atoms with E-state index in [1.807, 2.05) is 16.8 Å².